The monoisotopic (exact) mass is 320 g/mol. The van der Waals surface area contributed by atoms with Gasteiger partial charge in [-0.1, -0.05) is 23.9 Å². The molecule has 0 aromatic heterocycles. The van der Waals surface area contributed by atoms with Crippen molar-refractivity contribution in [1.29, 1.82) is 0 Å². The summed E-state index contributed by atoms with van der Waals surface area (Å²) in [5.41, 5.74) is 0.455. The fourth-order valence-electron chi connectivity index (χ4n) is 2.51. The van der Waals surface area contributed by atoms with Gasteiger partial charge >= 0.3 is 0 Å². The zero-order valence-electron chi connectivity index (χ0n) is 15.3. The lowest BCUT2D eigenvalue weighted by molar-refractivity contribution is 0.230. The summed E-state index contributed by atoms with van der Waals surface area (Å²) >= 11 is 3.97. The van der Waals surface area contributed by atoms with Crippen LogP contribution in [0.15, 0.2) is 0 Å². The van der Waals surface area contributed by atoms with Crippen LogP contribution in [0.3, 0.4) is 0 Å². The van der Waals surface area contributed by atoms with Crippen molar-refractivity contribution >= 4 is 23.9 Å². The van der Waals surface area contributed by atoms with Gasteiger partial charge in [0.2, 0.25) is 0 Å². The summed E-state index contributed by atoms with van der Waals surface area (Å²) in [4.78, 5) is 0. The summed E-state index contributed by atoms with van der Waals surface area (Å²) in [5, 5.41) is 0. The lowest BCUT2D eigenvalue weighted by Crippen LogP contribution is -2.42. The summed E-state index contributed by atoms with van der Waals surface area (Å²) in [6, 6.07) is 1.16. The molecule has 0 saturated carbocycles. The quantitative estimate of drug-likeness (QED) is 0.463. The summed E-state index contributed by atoms with van der Waals surface area (Å²) in [6.45, 7) is 22.9. The van der Waals surface area contributed by atoms with E-state index >= 15 is 0 Å². The molecule has 0 heterocycles. The lowest BCUT2D eigenvalue weighted by Gasteiger charge is -2.39. The van der Waals surface area contributed by atoms with E-state index in [1.54, 1.807) is 0 Å². The van der Waals surface area contributed by atoms with Crippen LogP contribution in [0.25, 0.3) is 0 Å². The van der Waals surface area contributed by atoms with E-state index in [4.69, 9.17) is 0 Å². The second-order valence-corrected chi connectivity index (χ2v) is 9.97. The Morgan fingerprint density at radius 3 is 1.05 bits per heavy atom. The smallest absolute Gasteiger partial charge is 0.0231 e. The third-order valence-corrected chi connectivity index (χ3v) is 6.33. The first-order valence-electron chi connectivity index (χ1n) is 7.72. The van der Waals surface area contributed by atoms with E-state index in [1.807, 2.05) is 23.9 Å². The Morgan fingerprint density at radius 1 is 0.650 bits per heavy atom. The number of rotatable bonds is 7. The average molecular weight is 321 g/mol. The van der Waals surface area contributed by atoms with E-state index in [9.17, 15) is 0 Å². The van der Waals surface area contributed by atoms with Gasteiger partial charge in [0.1, 0.15) is 0 Å². The fourth-order valence-corrected chi connectivity index (χ4v) is 4.87. The van der Waals surface area contributed by atoms with Crippen LogP contribution >= 0.6 is 23.9 Å². The van der Waals surface area contributed by atoms with Crippen LogP contribution in [-0.4, -0.2) is 43.3 Å². The molecule has 2 nitrogen and oxygen atoms in total. The van der Waals surface area contributed by atoms with Gasteiger partial charge in [0.05, 0.1) is 0 Å². The van der Waals surface area contributed by atoms with Crippen LogP contribution in [0.1, 0.15) is 69.2 Å². The zero-order valence-corrected chi connectivity index (χ0v) is 16.9. The first-order valence-corrected chi connectivity index (χ1v) is 9.60. The van der Waals surface area contributed by atoms with Gasteiger partial charge < -0.3 is 0 Å². The van der Waals surface area contributed by atoms with Gasteiger partial charge in [0, 0.05) is 34.7 Å². The molecular weight excluding hydrogens is 284 g/mol. The highest BCUT2D eigenvalue weighted by Gasteiger charge is 2.26. The fraction of sp³-hybridized carbons (Fsp3) is 1.00. The molecule has 122 valence electrons. The van der Waals surface area contributed by atoms with Crippen molar-refractivity contribution in [3.05, 3.63) is 0 Å². The molecule has 0 aliphatic heterocycles. The van der Waals surface area contributed by atoms with E-state index in [-0.39, 0.29) is 11.1 Å². The van der Waals surface area contributed by atoms with Gasteiger partial charge in [-0.05, 0) is 69.2 Å². The Bertz CT molecular complexity index is 237. The summed E-state index contributed by atoms with van der Waals surface area (Å²) in [7, 11) is 0. The molecule has 0 fully saturated rings. The molecule has 20 heavy (non-hydrogen) atoms. The SMILES string of the molecule is CC(C)N(SCCSN(C(C)C)C(C)(C)C)C(C)(C)C. The molecule has 0 saturated heterocycles. The molecule has 0 N–H and O–H groups in total. The van der Waals surface area contributed by atoms with Crippen molar-refractivity contribution < 1.29 is 0 Å². The van der Waals surface area contributed by atoms with Crippen LogP contribution in [-0.2, 0) is 0 Å². The van der Waals surface area contributed by atoms with Crippen molar-refractivity contribution in [1.82, 2.24) is 8.61 Å². The van der Waals surface area contributed by atoms with Crippen molar-refractivity contribution in [2.24, 2.45) is 0 Å². The highest BCUT2D eigenvalue weighted by Crippen LogP contribution is 2.30. The Hall–Kier alpha value is 0.620. The molecule has 0 amide bonds. The second kappa shape index (κ2) is 8.30. The van der Waals surface area contributed by atoms with E-state index in [1.165, 1.54) is 11.5 Å². The van der Waals surface area contributed by atoms with Crippen LogP contribution in [0.5, 0.6) is 0 Å². The normalized spacial score (nSPS) is 14.1. The molecule has 0 radical (unpaired) electrons. The predicted molar refractivity (Wildman–Crippen MR) is 98.4 cm³/mol. The first kappa shape index (κ1) is 20.6. The lowest BCUT2D eigenvalue weighted by atomic mass is 10.1. The molecular formula is C16H36N2S2. The molecule has 0 aliphatic carbocycles. The van der Waals surface area contributed by atoms with Gasteiger partial charge in [0.15, 0.2) is 0 Å². The van der Waals surface area contributed by atoms with Crippen LogP contribution < -0.4 is 0 Å². The number of hydrogen-bond donors (Lipinski definition) is 0. The average Bonchev–Trinajstić information content (AvgIpc) is 2.17. The number of hydrogen-bond acceptors (Lipinski definition) is 4. The maximum atomic E-state index is 2.52. The molecule has 0 aromatic carbocycles. The largest absolute Gasteiger partial charge is 0.243 e. The van der Waals surface area contributed by atoms with Crippen LogP contribution in [0.2, 0.25) is 0 Å². The molecule has 0 atom stereocenters. The van der Waals surface area contributed by atoms with Crippen molar-refractivity contribution in [3.8, 4) is 0 Å². The minimum absolute atomic E-state index is 0.227. The van der Waals surface area contributed by atoms with Crippen LogP contribution in [0, 0.1) is 0 Å². The molecule has 0 aromatic rings. The minimum atomic E-state index is 0.227. The first-order chi connectivity index (χ1) is 8.87. The van der Waals surface area contributed by atoms with E-state index in [0.29, 0.717) is 12.1 Å². The van der Waals surface area contributed by atoms with Gasteiger partial charge in [-0.25, -0.2) is 8.61 Å². The van der Waals surface area contributed by atoms with Gasteiger partial charge in [-0.15, -0.1) is 0 Å². The Kier molecular flexibility index (Phi) is 8.56. The number of nitrogens with zero attached hydrogens (tertiary/aromatic N) is 2. The van der Waals surface area contributed by atoms with E-state index in [0.717, 1.165) is 0 Å². The molecule has 0 spiro atoms. The van der Waals surface area contributed by atoms with E-state index in [2.05, 4.69) is 77.8 Å². The molecule has 0 aliphatic rings. The van der Waals surface area contributed by atoms with Gasteiger partial charge in [-0.3, -0.25) is 0 Å². The van der Waals surface area contributed by atoms with Crippen molar-refractivity contribution in [2.75, 3.05) is 11.5 Å². The van der Waals surface area contributed by atoms with Gasteiger partial charge in [0.25, 0.3) is 0 Å². The molecule has 4 heteroatoms. The third-order valence-electron chi connectivity index (χ3n) is 2.80. The van der Waals surface area contributed by atoms with Crippen LogP contribution in [0.4, 0.5) is 0 Å². The standard InChI is InChI=1S/C16H36N2S2/c1-13(2)17(15(5,6)7)19-11-12-20-18(14(3)4)16(8,9)10/h13-14H,11-12H2,1-10H3. The summed E-state index contributed by atoms with van der Waals surface area (Å²) in [5.74, 6) is 2.33. The molecule has 0 rings (SSSR count). The highest BCUT2D eigenvalue weighted by atomic mass is 32.2. The summed E-state index contributed by atoms with van der Waals surface area (Å²) < 4.78 is 5.04. The third kappa shape index (κ3) is 7.58. The maximum absolute atomic E-state index is 2.52. The summed E-state index contributed by atoms with van der Waals surface area (Å²) in [6.07, 6.45) is 0. The zero-order chi connectivity index (χ0) is 16.1. The topological polar surface area (TPSA) is 6.48 Å². The Labute approximate surface area is 136 Å². The van der Waals surface area contributed by atoms with Crippen molar-refractivity contribution in [3.63, 3.8) is 0 Å². The Balaban J connectivity index is 4.30. The molecule has 0 unspecified atom stereocenters. The predicted octanol–water partition coefficient (Wildman–Crippen LogP) is 5.30. The molecule has 0 bridgehead atoms. The second-order valence-electron chi connectivity index (χ2n) is 7.85. The van der Waals surface area contributed by atoms with E-state index < -0.39 is 0 Å². The van der Waals surface area contributed by atoms with Gasteiger partial charge in [-0.2, -0.15) is 0 Å². The highest BCUT2D eigenvalue weighted by molar-refractivity contribution is 8.00. The maximum Gasteiger partial charge on any atom is 0.0231 e. The van der Waals surface area contributed by atoms with Crippen molar-refractivity contribution in [2.45, 2.75) is 92.4 Å². The minimum Gasteiger partial charge on any atom is -0.243 e. The Morgan fingerprint density at radius 2 is 0.900 bits per heavy atom.